The first-order valence-corrected chi connectivity index (χ1v) is 9.22. The Morgan fingerprint density at radius 2 is 1.92 bits per heavy atom. The molecule has 0 spiro atoms. The number of aliphatic hydroxyl groups is 3. The third kappa shape index (κ3) is 4.29. The van der Waals surface area contributed by atoms with Crippen LogP contribution in [0.1, 0.15) is 66.2 Å². The zero-order chi connectivity index (χ0) is 18.0. The van der Waals surface area contributed by atoms with Crippen LogP contribution in [0.25, 0.3) is 0 Å². The molecule has 2 aliphatic rings. The van der Waals surface area contributed by atoms with E-state index in [2.05, 4.69) is 13.8 Å². The number of allylic oxidation sites excluding steroid dienone is 1. The quantitative estimate of drug-likeness (QED) is 0.677. The highest BCUT2D eigenvalue weighted by molar-refractivity contribution is 5.16. The summed E-state index contributed by atoms with van der Waals surface area (Å²) in [6, 6.07) is 0. The summed E-state index contributed by atoms with van der Waals surface area (Å²) in [5.74, 6) is 0.259. The molecule has 0 saturated carbocycles. The summed E-state index contributed by atoms with van der Waals surface area (Å²) in [5, 5.41) is 30.9. The molecule has 1 fully saturated rings. The first-order valence-electron chi connectivity index (χ1n) is 9.22. The van der Waals surface area contributed by atoms with Crippen LogP contribution < -0.4 is 0 Å². The van der Waals surface area contributed by atoms with E-state index in [0.717, 1.165) is 18.4 Å². The first kappa shape index (κ1) is 19.6. The van der Waals surface area contributed by atoms with Crippen molar-refractivity contribution in [3.8, 4) is 0 Å². The molecular weight excluding hydrogens is 304 g/mol. The number of aliphatic hydroxyl groups excluding tert-OH is 2. The molecule has 0 aromatic carbocycles. The average Bonchev–Trinajstić information content (AvgIpc) is 2.88. The molecular formula is C20H34O4. The van der Waals surface area contributed by atoms with Crippen molar-refractivity contribution in [3.63, 3.8) is 0 Å². The number of fused-ring (bicyclic) bond motifs is 2. The second kappa shape index (κ2) is 7.28. The van der Waals surface area contributed by atoms with Gasteiger partial charge in [-0.1, -0.05) is 32.1 Å². The van der Waals surface area contributed by atoms with Gasteiger partial charge in [0.25, 0.3) is 0 Å². The molecule has 0 amide bonds. The van der Waals surface area contributed by atoms with Gasteiger partial charge in [0.15, 0.2) is 0 Å². The SMILES string of the molecule is CC(C)[C@]12/C=C\[C@@](C)(O)CCC=C(CO)CC[C@H](O)[C@](C)(CC1)O2. The molecule has 0 aromatic rings. The topological polar surface area (TPSA) is 69.9 Å². The fraction of sp³-hybridized carbons (Fsp3) is 0.800. The normalized spacial score (nSPS) is 42.8. The maximum absolute atomic E-state index is 10.7. The maximum atomic E-state index is 10.7. The Balaban J connectivity index is 2.34. The van der Waals surface area contributed by atoms with Gasteiger partial charge in [-0.05, 0) is 63.9 Å². The summed E-state index contributed by atoms with van der Waals surface area (Å²) >= 11 is 0. The minimum Gasteiger partial charge on any atom is -0.392 e. The minimum absolute atomic E-state index is 0.00178. The minimum atomic E-state index is -0.909. The molecule has 0 radical (unpaired) electrons. The Bertz CT molecular complexity index is 494. The summed E-state index contributed by atoms with van der Waals surface area (Å²) in [4.78, 5) is 0. The van der Waals surface area contributed by atoms with E-state index in [-0.39, 0.29) is 12.5 Å². The molecule has 3 N–H and O–H groups in total. The van der Waals surface area contributed by atoms with Crippen LogP contribution in [0.4, 0.5) is 0 Å². The third-order valence-electron chi connectivity index (χ3n) is 5.87. The van der Waals surface area contributed by atoms with Crippen LogP contribution in [0.2, 0.25) is 0 Å². The number of hydrogen-bond acceptors (Lipinski definition) is 4. The third-order valence-corrected chi connectivity index (χ3v) is 5.87. The van der Waals surface area contributed by atoms with Gasteiger partial charge < -0.3 is 20.1 Å². The van der Waals surface area contributed by atoms with Crippen LogP contribution in [0.15, 0.2) is 23.8 Å². The van der Waals surface area contributed by atoms with Crippen LogP contribution >= 0.6 is 0 Å². The standard InChI is InChI=1S/C20H34O4/c1-15(2)20-12-10-18(3,23)9-5-6-16(14-21)7-8-17(22)19(4,24-20)11-13-20/h6,10,12,15,17,21-23H,5,7-9,11,13-14H2,1-4H3/b12-10-,16-6?/t17-,18-,19-,20-/m0/s1. The van der Waals surface area contributed by atoms with Crippen molar-refractivity contribution in [2.24, 2.45) is 5.92 Å². The lowest BCUT2D eigenvalue weighted by Gasteiger charge is -2.37. The summed E-state index contributed by atoms with van der Waals surface area (Å²) in [6.07, 6.45) is 9.47. The highest BCUT2D eigenvalue weighted by Gasteiger charge is 2.50. The van der Waals surface area contributed by atoms with E-state index < -0.39 is 22.9 Å². The van der Waals surface area contributed by atoms with E-state index in [0.29, 0.717) is 25.7 Å². The van der Waals surface area contributed by atoms with Crippen molar-refractivity contribution < 1.29 is 20.1 Å². The molecule has 4 nitrogen and oxygen atoms in total. The number of ether oxygens (including phenoxy) is 1. The van der Waals surface area contributed by atoms with Gasteiger partial charge in [0.05, 0.1) is 29.5 Å². The molecule has 2 aliphatic heterocycles. The van der Waals surface area contributed by atoms with Crippen molar-refractivity contribution in [3.05, 3.63) is 23.8 Å². The summed E-state index contributed by atoms with van der Waals surface area (Å²) in [5.41, 5.74) is -1.02. The number of rotatable bonds is 2. The predicted octanol–water partition coefficient (Wildman–Crippen LogP) is 3.11. The van der Waals surface area contributed by atoms with Gasteiger partial charge in [-0.25, -0.2) is 0 Å². The zero-order valence-electron chi connectivity index (χ0n) is 15.6. The van der Waals surface area contributed by atoms with Crippen molar-refractivity contribution in [2.75, 3.05) is 6.61 Å². The van der Waals surface area contributed by atoms with E-state index in [1.165, 1.54) is 0 Å². The lowest BCUT2D eigenvalue weighted by Crippen LogP contribution is -2.44. The van der Waals surface area contributed by atoms with Crippen molar-refractivity contribution in [1.82, 2.24) is 0 Å². The van der Waals surface area contributed by atoms with E-state index in [9.17, 15) is 15.3 Å². The van der Waals surface area contributed by atoms with Gasteiger partial charge >= 0.3 is 0 Å². The monoisotopic (exact) mass is 338 g/mol. The molecule has 0 aliphatic carbocycles. The Morgan fingerprint density at radius 1 is 1.21 bits per heavy atom. The van der Waals surface area contributed by atoms with Crippen molar-refractivity contribution in [1.29, 1.82) is 0 Å². The van der Waals surface area contributed by atoms with Crippen LogP contribution in [0, 0.1) is 5.92 Å². The fourth-order valence-corrected chi connectivity index (χ4v) is 3.78. The van der Waals surface area contributed by atoms with Gasteiger partial charge in [0.1, 0.15) is 0 Å². The molecule has 2 heterocycles. The van der Waals surface area contributed by atoms with Crippen LogP contribution in [-0.4, -0.2) is 44.8 Å². The second-order valence-electron chi connectivity index (χ2n) is 8.33. The lowest BCUT2D eigenvalue weighted by molar-refractivity contribution is -0.145. The molecule has 24 heavy (non-hydrogen) atoms. The summed E-state index contributed by atoms with van der Waals surface area (Å²) in [7, 11) is 0. The van der Waals surface area contributed by atoms with Gasteiger partial charge in [-0.15, -0.1) is 0 Å². The number of hydrogen-bond donors (Lipinski definition) is 3. The Kier molecular flexibility index (Phi) is 5.96. The molecule has 0 aromatic heterocycles. The van der Waals surface area contributed by atoms with Gasteiger partial charge in [0, 0.05) is 0 Å². The lowest BCUT2D eigenvalue weighted by atomic mass is 9.83. The zero-order valence-corrected chi connectivity index (χ0v) is 15.6. The molecule has 2 bridgehead atoms. The van der Waals surface area contributed by atoms with Crippen molar-refractivity contribution >= 4 is 0 Å². The Labute approximate surface area is 146 Å². The van der Waals surface area contributed by atoms with Crippen LogP contribution in [-0.2, 0) is 4.74 Å². The van der Waals surface area contributed by atoms with E-state index in [1.54, 1.807) is 0 Å². The average molecular weight is 338 g/mol. The highest BCUT2D eigenvalue weighted by Crippen LogP contribution is 2.46. The van der Waals surface area contributed by atoms with Crippen LogP contribution in [0.3, 0.4) is 0 Å². The van der Waals surface area contributed by atoms with Crippen LogP contribution in [0.5, 0.6) is 0 Å². The van der Waals surface area contributed by atoms with E-state index in [4.69, 9.17) is 4.74 Å². The van der Waals surface area contributed by atoms with Gasteiger partial charge in [-0.2, -0.15) is 0 Å². The molecule has 138 valence electrons. The van der Waals surface area contributed by atoms with Crippen molar-refractivity contribution in [2.45, 2.75) is 89.1 Å². The largest absolute Gasteiger partial charge is 0.392 e. The fourth-order valence-electron chi connectivity index (χ4n) is 3.78. The first-order chi connectivity index (χ1) is 11.1. The van der Waals surface area contributed by atoms with Gasteiger partial charge in [0.2, 0.25) is 0 Å². The Hall–Kier alpha value is -0.680. The molecule has 4 heteroatoms. The van der Waals surface area contributed by atoms with Gasteiger partial charge in [-0.3, -0.25) is 0 Å². The molecule has 1 saturated heterocycles. The van der Waals surface area contributed by atoms with E-state index in [1.807, 2.05) is 32.1 Å². The molecule has 4 atom stereocenters. The Morgan fingerprint density at radius 3 is 2.54 bits per heavy atom. The second-order valence-corrected chi connectivity index (χ2v) is 8.33. The predicted molar refractivity (Wildman–Crippen MR) is 95.7 cm³/mol. The maximum Gasteiger partial charge on any atom is 0.0925 e. The summed E-state index contributed by atoms with van der Waals surface area (Å²) < 4.78 is 6.46. The smallest absolute Gasteiger partial charge is 0.0925 e. The molecule has 0 unspecified atom stereocenters. The van der Waals surface area contributed by atoms with E-state index >= 15 is 0 Å². The summed E-state index contributed by atoms with van der Waals surface area (Å²) in [6.45, 7) is 8.04. The highest BCUT2D eigenvalue weighted by atomic mass is 16.5. The molecule has 2 rings (SSSR count).